The Morgan fingerprint density at radius 1 is 1.54 bits per heavy atom. The number of aliphatic hydroxyl groups is 2. The number of hydrogen-bond donors (Lipinski definition) is 3. The first-order valence-electron chi connectivity index (χ1n) is 3.01. The summed E-state index contributed by atoms with van der Waals surface area (Å²) in [4.78, 5) is 15.4. The van der Waals surface area contributed by atoms with Gasteiger partial charge in [0.25, 0.3) is 5.91 Å². The normalized spacial score (nSPS) is 20.9. The number of aliphatic imine (C=N–C) groups is 1. The van der Waals surface area contributed by atoms with E-state index >= 15 is 0 Å². The van der Waals surface area contributed by atoms with Crippen LogP contribution in [0.5, 0.6) is 0 Å². The zero-order valence-electron chi connectivity index (χ0n) is 6.93. The standard InChI is InChI=1S/C5H9N3O3.2H2O/c1-8-2(4(10)11)3(9)7-5(8)6;;/h2,4,10-11H,1H3,(H2,6,7,9);2*1H2. The molecule has 0 aromatic heterocycles. The van der Waals surface area contributed by atoms with Gasteiger partial charge in [-0.05, 0) is 0 Å². The summed E-state index contributed by atoms with van der Waals surface area (Å²) in [7, 11) is 1.47. The lowest BCUT2D eigenvalue weighted by Crippen LogP contribution is -2.45. The molecule has 8 N–H and O–H groups in total. The predicted molar refractivity (Wildman–Crippen MR) is 43.6 cm³/mol. The van der Waals surface area contributed by atoms with Gasteiger partial charge in [0, 0.05) is 7.05 Å². The molecule has 1 atom stereocenters. The molecule has 13 heavy (non-hydrogen) atoms. The maximum atomic E-state index is 10.8. The zero-order valence-corrected chi connectivity index (χ0v) is 6.93. The molecule has 1 unspecified atom stereocenters. The van der Waals surface area contributed by atoms with Gasteiger partial charge in [-0.1, -0.05) is 0 Å². The van der Waals surface area contributed by atoms with Gasteiger partial charge < -0.3 is 31.8 Å². The van der Waals surface area contributed by atoms with Crippen molar-refractivity contribution in [3.8, 4) is 0 Å². The lowest BCUT2D eigenvalue weighted by molar-refractivity contribution is -0.135. The molecule has 0 saturated heterocycles. The first kappa shape index (κ1) is 14.3. The summed E-state index contributed by atoms with van der Waals surface area (Å²) in [5.41, 5.74) is 5.23. The van der Waals surface area contributed by atoms with Gasteiger partial charge in [0.1, 0.15) is 0 Å². The molecule has 1 aliphatic rings. The highest BCUT2D eigenvalue weighted by Gasteiger charge is 2.35. The van der Waals surface area contributed by atoms with Crippen molar-refractivity contribution >= 4 is 11.9 Å². The summed E-state index contributed by atoms with van der Waals surface area (Å²) in [6.45, 7) is 0. The average molecular weight is 195 g/mol. The van der Waals surface area contributed by atoms with Crippen molar-refractivity contribution in [1.29, 1.82) is 0 Å². The minimum atomic E-state index is -1.74. The Labute approximate surface area is 73.9 Å². The quantitative estimate of drug-likeness (QED) is 0.360. The number of carbonyl (C=O) groups is 1. The summed E-state index contributed by atoms with van der Waals surface area (Å²) < 4.78 is 0. The lowest BCUT2D eigenvalue weighted by Gasteiger charge is -2.20. The van der Waals surface area contributed by atoms with Crippen molar-refractivity contribution in [2.75, 3.05) is 7.05 Å². The molecular formula is C5H13N3O5. The van der Waals surface area contributed by atoms with Gasteiger partial charge in [0.2, 0.25) is 0 Å². The molecule has 0 radical (unpaired) electrons. The van der Waals surface area contributed by atoms with Crippen LogP contribution in [0.4, 0.5) is 0 Å². The van der Waals surface area contributed by atoms with E-state index in [9.17, 15) is 4.79 Å². The van der Waals surface area contributed by atoms with E-state index in [4.69, 9.17) is 15.9 Å². The highest BCUT2D eigenvalue weighted by atomic mass is 16.5. The van der Waals surface area contributed by atoms with Crippen LogP contribution in [0.25, 0.3) is 0 Å². The van der Waals surface area contributed by atoms with E-state index in [2.05, 4.69) is 4.99 Å². The molecule has 0 aliphatic carbocycles. The number of aliphatic hydroxyl groups excluding tert-OH is 1. The van der Waals surface area contributed by atoms with Crippen LogP contribution in [-0.4, -0.2) is 57.3 Å². The fourth-order valence-corrected chi connectivity index (χ4v) is 0.894. The monoisotopic (exact) mass is 195 g/mol. The largest absolute Gasteiger partial charge is 0.412 e. The van der Waals surface area contributed by atoms with Crippen LogP contribution in [0.3, 0.4) is 0 Å². The van der Waals surface area contributed by atoms with Gasteiger partial charge in [-0.25, -0.2) is 0 Å². The molecule has 8 nitrogen and oxygen atoms in total. The number of amides is 1. The molecule has 1 aliphatic heterocycles. The van der Waals surface area contributed by atoms with Crippen molar-refractivity contribution in [3.63, 3.8) is 0 Å². The summed E-state index contributed by atoms with van der Waals surface area (Å²) in [6, 6.07) is -1.05. The van der Waals surface area contributed by atoms with Gasteiger partial charge in [0.15, 0.2) is 18.3 Å². The smallest absolute Gasteiger partial charge is 0.276 e. The van der Waals surface area contributed by atoms with Gasteiger partial charge >= 0.3 is 0 Å². The Kier molecular flexibility index (Phi) is 5.20. The maximum Gasteiger partial charge on any atom is 0.276 e. The third kappa shape index (κ3) is 2.36. The van der Waals surface area contributed by atoms with Crippen molar-refractivity contribution in [2.24, 2.45) is 10.7 Å². The van der Waals surface area contributed by atoms with E-state index in [1.807, 2.05) is 0 Å². The third-order valence-electron chi connectivity index (χ3n) is 1.54. The molecule has 1 heterocycles. The van der Waals surface area contributed by atoms with Crippen LogP contribution in [-0.2, 0) is 4.79 Å². The Morgan fingerprint density at radius 3 is 2.15 bits per heavy atom. The predicted octanol–water partition coefficient (Wildman–Crippen LogP) is -4.20. The molecule has 1 amide bonds. The van der Waals surface area contributed by atoms with Crippen LogP contribution in [0.2, 0.25) is 0 Å². The van der Waals surface area contributed by atoms with Crippen LogP contribution in [0.15, 0.2) is 4.99 Å². The van der Waals surface area contributed by atoms with Crippen LogP contribution >= 0.6 is 0 Å². The summed E-state index contributed by atoms with van der Waals surface area (Å²) >= 11 is 0. The molecule has 0 aromatic carbocycles. The summed E-state index contributed by atoms with van der Waals surface area (Å²) in [5.74, 6) is -0.617. The molecule has 0 bridgehead atoms. The molecule has 78 valence electrons. The highest BCUT2D eigenvalue weighted by molar-refractivity contribution is 6.02. The summed E-state index contributed by atoms with van der Waals surface area (Å²) in [5, 5.41) is 17.3. The van der Waals surface area contributed by atoms with E-state index in [1.165, 1.54) is 11.9 Å². The van der Waals surface area contributed by atoms with E-state index < -0.39 is 18.2 Å². The topological polar surface area (TPSA) is 162 Å². The van der Waals surface area contributed by atoms with E-state index in [0.29, 0.717) is 0 Å². The molecule has 1 rings (SSSR count). The Balaban J connectivity index is 0. The average Bonchev–Trinajstić information content (AvgIpc) is 2.07. The second-order valence-corrected chi connectivity index (χ2v) is 2.28. The fourth-order valence-electron chi connectivity index (χ4n) is 0.894. The van der Waals surface area contributed by atoms with E-state index in [-0.39, 0.29) is 16.9 Å². The van der Waals surface area contributed by atoms with Crippen molar-refractivity contribution < 1.29 is 26.0 Å². The maximum absolute atomic E-state index is 10.8. The van der Waals surface area contributed by atoms with Crippen LogP contribution in [0, 0.1) is 0 Å². The number of nitrogens with zero attached hydrogens (tertiary/aromatic N) is 2. The van der Waals surface area contributed by atoms with Gasteiger partial charge in [0.05, 0.1) is 0 Å². The van der Waals surface area contributed by atoms with Crippen molar-refractivity contribution in [1.82, 2.24) is 4.90 Å². The van der Waals surface area contributed by atoms with Gasteiger partial charge in [-0.3, -0.25) is 4.79 Å². The molecule has 0 aromatic rings. The molecular weight excluding hydrogens is 182 g/mol. The first-order chi connectivity index (χ1) is 5.04. The Hall–Kier alpha value is -1.22. The number of nitrogens with two attached hydrogens (primary N) is 1. The number of rotatable bonds is 1. The van der Waals surface area contributed by atoms with E-state index in [0.717, 1.165) is 0 Å². The Morgan fingerprint density at radius 2 is 2.00 bits per heavy atom. The summed E-state index contributed by atoms with van der Waals surface area (Å²) in [6.07, 6.45) is -1.74. The fraction of sp³-hybridized carbons (Fsp3) is 0.600. The lowest BCUT2D eigenvalue weighted by atomic mass is 10.3. The number of guanidine groups is 1. The van der Waals surface area contributed by atoms with E-state index in [1.54, 1.807) is 0 Å². The van der Waals surface area contributed by atoms with Crippen LogP contribution < -0.4 is 5.73 Å². The number of carbonyl (C=O) groups excluding carboxylic acids is 1. The molecule has 0 saturated carbocycles. The SMILES string of the molecule is CN1C(N)=NC(=O)C1C(O)O.O.O. The van der Waals surface area contributed by atoms with Crippen LogP contribution in [0.1, 0.15) is 0 Å². The molecule has 0 fully saturated rings. The third-order valence-corrected chi connectivity index (χ3v) is 1.54. The molecule has 8 heteroatoms. The second-order valence-electron chi connectivity index (χ2n) is 2.28. The van der Waals surface area contributed by atoms with Gasteiger partial charge in [-0.15, -0.1) is 0 Å². The van der Waals surface area contributed by atoms with Crippen molar-refractivity contribution in [3.05, 3.63) is 0 Å². The number of hydrogen-bond acceptors (Lipinski definition) is 5. The van der Waals surface area contributed by atoms with Crippen molar-refractivity contribution in [2.45, 2.75) is 12.3 Å². The van der Waals surface area contributed by atoms with Gasteiger partial charge in [-0.2, -0.15) is 4.99 Å². The highest BCUT2D eigenvalue weighted by Crippen LogP contribution is 2.09. The second kappa shape index (κ2) is 4.72. The molecule has 0 spiro atoms. The Bertz CT molecular complexity index is 216. The number of likely N-dealkylation sites (N-methyl/N-ethyl adjacent to an activating group) is 1. The zero-order chi connectivity index (χ0) is 8.59. The minimum Gasteiger partial charge on any atom is -0.412 e. The minimum absolute atomic E-state index is 0. The first-order valence-corrected chi connectivity index (χ1v) is 3.01.